The Balaban J connectivity index is 1.71. The van der Waals surface area contributed by atoms with Crippen molar-refractivity contribution < 1.29 is 13.2 Å². The average molecular weight is 458 g/mol. The Hall–Kier alpha value is -2.29. The first-order valence-corrected chi connectivity index (χ1v) is 13.1. The van der Waals surface area contributed by atoms with E-state index in [0.717, 1.165) is 26.9 Å². The Morgan fingerprint density at radius 1 is 1.23 bits per heavy atom. The first kappa shape index (κ1) is 21.9. The summed E-state index contributed by atoms with van der Waals surface area (Å²) in [6, 6.07) is 14.0. The van der Waals surface area contributed by atoms with Gasteiger partial charge in [-0.3, -0.25) is 9.69 Å². The highest BCUT2D eigenvalue weighted by Crippen LogP contribution is 2.34. The van der Waals surface area contributed by atoms with Gasteiger partial charge in [0.2, 0.25) is 15.9 Å². The van der Waals surface area contributed by atoms with E-state index in [4.69, 9.17) is 4.98 Å². The third-order valence-corrected chi connectivity index (χ3v) is 8.19. The number of fused-ring (bicyclic) bond motifs is 1. The number of thiazole rings is 1. The normalized spacial score (nSPS) is 17.7. The van der Waals surface area contributed by atoms with Crippen LogP contribution in [0.25, 0.3) is 10.2 Å². The predicted octanol–water partition coefficient (Wildman–Crippen LogP) is 4.12. The second-order valence-electron chi connectivity index (χ2n) is 8.30. The van der Waals surface area contributed by atoms with Crippen molar-refractivity contribution in [3.8, 4) is 0 Å². The number of carbonyl (C=O) groups excluding carboxylic acids is 1. The molecule has 1 aliphatic heterocycles. The summed E-state index contributed by atoms with van der Waals surface area (Å²) in [7, 11) is -3.32. The molecule has 164 valence electrons. The van der Waals surface area contributed by atoms with Crippen LogP contribution in [0.15, 0.2) is 42.5 Å². The smallest absolute Gasteiger partial charge is 0.233 e. The van der Waals surface area contributed by atoms with E-state index >= 15 is 0 Å². The van der Waals surface area contributed by atoms with E-state index in [9.17, 15) is 13.2 Å². The van der Waals surface area contributed by atoms with Crippen LogP contribution in [-0.4, -0.2) is 43.0 Å². The number of hydrogen-bond acceptors (Lipinski definition) is 5. The number of aromatic nitrogens is 1. The molecule has 31 heavy (non-hydrogen) atoms. The van der Waals surface area contributed by atoms with Gasteiger partial charge in [0.15, 0.2) is 5.13 Å². The highest BCUT2D eigenvalue weighted by molar-refractivity contribution is 7.88. The summed E-state index contributed by atoms with van der Waals surface area (Å²) >= 11 is 1.52. The maximum Gasteiger partial charge on any atom is 0.233 e. The predicted molar refractivity (Wildman–Crippen MR) is 126 cm³/mol. The minimum absolute atomic E-state index is 0.0642. The van der Waals surface area contributed by atoms with E-state index in [1.54, 1.807) is 4.90 Å². The summed E-state index contributed by atoms with van der Waals surface area (Å²) in [5.74, 6) is -0.437. The number of carbonyl (C=O) groups is 1. The van der Waals surface area contributed by atoms with E-state index < -0.39 is 10.0 Å². The Morgan fingerprint density at radius 2 is 1.97 bits per heavy atom. The van der Waals surface area contributed by atoms with Crippen molar-refractivity contribution in [1.29, 1.82) is 0 Å². The molecule has 2 aromatic carbocycles. The SMILES string of the molecule is Cc1cc(C)c2sc(N(Cc3ccccc3)C(=O)[C@H]3CCCN(S(C)(=O)=O)C3)nc2c1. The fraction of sp³-hybridized carbons (Fsp3) is 0.391. The maximum atomic E-state index is 13.7. The van der Waals surface area contributed by atoms with Crippen molar-refractivity contribution >= 4 is 42.6 Å². The molecular weight excluding hydrogens is 430 g/mol. The van der Waals surface area contributed by atoms with Gasteiger partial charge in [0.25, 0.3) is 0 Å². The first-order chi connectivity index (χ1) is 14.7. The quantitative estimate of drug-likeness (QED) is 0.578. The van der Waals surface area contributed by atoms with Gasteiger partial charge in [-0.15, -0.1) is 0 Å². The molecule has 0 aliphatic carbocycles. The summed E-state index contributed by atoms with van der Waals surface area (Å²) < 4.78 is 26.6. The second kappa shape index (κ2) is 8.68. The zero-order valence-electron chi connectivity index (χ0n) is 18.0. The van der Waals surface area contributed by atoms with Crippen LogP contribution in [0.3, 0.4) is 0 Å². The van der Waals surface area contributed by atoms with Crippen molar-refractivity contribution in [3.63, 3.8) is 0 Å². The third-order valence-electron chi connectivity index (χ3n) is 5.69. The molecule has 4 rings (SSSR count). The number of rotatable bonds is 5. The zero-order valence-corrected chi connectivity index (χ0v) is 19.7. The maximum absolute atomic E-state index is 13.7. The number of anilines is 1. The summed E-state index contributed by atoms with van der Waals surface area (Å²) in [6.45, 7) is 5.21. The van der Waals surface area contributed by atoms with Crippen LogP contribution in [0.5, 0.6) is 0 Å². The molecule has 6 nitrogen and oxygen atoms in total. The van der Waals surface area contributed by atoms with Crippen molar-refractivity contribution in [2.24, 2.45) is 5.92 Å². The molecule has 1 aromatic heterocycles. The van der Waals surface area contributed by atoms with E-state index in [-0.39, 0.29) is 18.4 Å². The first-order valence-electron chi connectivity index (χ1n) is 10.4. The molecule has 0 radical (unpaired) electrons. The largest absolute Gasteiger partial charge is 0.283 e. The molecule has 1 fully saturated rings. The van der Waals surface area contributed by atoms with Crippen LogP contribution in [0.4, 0.5) is 5.13 Å². The van der Waals surface area contributed by atoms with Gasteiger partial charge in [-0.2, -0.15) is 0 Å². The molecule has 0 spiro atoms. The lowest BCUT2D eigenvalue weighted by atomic mass is 9.98. The Morgan fingerprint density at radius 3 is 2.68 bits per heavy atom. The molecular formula is C23H27N3O3S2. The van der Waals surface area contributed by atoms with Crippen molar-refractivity contribution in [3.05, 3.63) is 59.2 Å². The summed E-state index contributed by atoms with van der Waals surface area (Å²) in [5, 5.41) is 0.661. The van der Waals surface area contributed by atoms with E-state index in [1.165, 1.54) is 21.9 Å². The molecule has 1 amide bonds. The van der Waals surface area contributed by atoms with Gasteiger partial charge in [-0.25, -0.2) is 17.7 Å². The zero-order chi connectivity index (χ0) is 22.2. The number of piperidine rings is 1. The van der Waals surface area contributed by atoms with E-state index in [2.05, 4.69) is 13.0 Å². The summed E-state index contributed by atoms with van der Waals surface area (Å²) in [4.78, 5) is 20.2. The second-order valence-corrected chi connectivity index (χ2v) is 11.3. The average Bonchev–Trinajstić information content (AvgIpc) is 3.16. The Bertz CT molecular complexity index is 1210. The number of amides is 1. The van der Waals surface area contributed by atoms with Gasteiger partial charge < -0.3 is 0 Å². The molecule has 1 aliphatic rings. The van der Waals surface area contributed by atoms with Crippen molar-refractivity contribution in [1.82, 2.24) is 9.29 Å². The highest BCUT2D eigenvalue weighted by Gasteiger charge is 2.34. The Kier molecular flexibility index (Phi) is 6.14. The van der Waals surface area contributed by atoms with Crippen LogP contribution in [-0.2, 0) is 21.4 Å². The van der Waals surface area contributed by atoms with Crippen LogP contribution >= 0.6 is 11.3 Å². The van der Waals surface area contributed by atoms with Crippen LogP contribution in [0.1, 0.15) is 29.5 Å². The van der Waals surface area contributed by atoms with E-state index in [1.807, 2.05) is 43.3 Å². The van der Waals surface area contributed by atoms with Crippen molar-refractivity contribution in [2.45, 2.75) is 33.2 Å². The summed E-state index contributed by atoms with van der Waals surface area (Å²) in [5.41, 5.74) is 4.19. The monoisotopic (exact) mass is 457 g/mol. The van der Waals surface area contributed by atoms with Crippen LogP contribution < -0.4 is 4.90 Å². The molecule has 0 unspecified atom stereocenters. The third kappa shape index (κ3) is 4.81. The fourth-order valence-corrected chi connectivity index (χ4v) is 6.08. The van der Waals surface area contributed by atoms with Gasteiger partial charge in [-0.1, -0.05) is 47.7 Å². The van der Waals surface area contributed by atoms with Gasteiger partial charge in [0.05, 0.1) is 28.9 Å². The molecule has 8 heteroatoms. The van der Waals surface area contributed by atoms with E-state index in [0.29, 0.717) is 31.1 Å². The fourth-order valence-electron chi connectivity index (χ4n) is 4.15. The number of nitrogens with zero attached hydrogens (tertiary/aromatic N) is 3. The lowest BCUT2D eigenvalue weighted by Gasteiger charge is -2.33. The van der Waals surface area contributed by atoms with Gasteiger partial charge in [0.1, 0.15) is 0 Å². The van der Waals surface area contributed by atoms with Gasteiger partial charge in [0, 0.05) is 13.1 Å². The number of aryl methyl sites for hydroxylation is 2. The molecule has 3 aromatic rings. The topological polar surface area (TPSA) is 70.6 Å². The lowest BCUT2D eigenvalue weighted by molar-refractivity contribution is -0.123. The van der Waals surface area contributed by atoms with Crippen LogP contribution in [0, 0.1) is 19.8 Å². The molecule has 0 bridgehead atoms. The minimum atomic E-state index is -3.32. The van der Waals surface area contributed by atoms with Gasteiger partial charge in [-0.05, 0) is 49.4 Å². The highest BCUT2D eigenvalue weighted by atomic mass is 32.2. The molecule has 1 atom stereocenters. The standard InChI is InChI=1S/C23H27N3O3S2/c1-16-12-17(2)21-20(13-16)24-23(30-21)26(14-18-8-5-4-6-9-18)22(27)19-10-7-11-25(15-19)31(3,28)29/h4-6,8-9,12-13,19H,7,10-11,14-15H2,1-3H3/t19-/m0/s1. The number of benzene rings is 2. The Labute approximate surface area is 187 Å². The molecule has 2 heterocycles. The van der Waals surface area contributed by atoms with Crippen molar-refractivity contribution in [2.75, 3.05) is 24.2 Å². The molecule has 1 saturated heterocycles. The molecule has 0 N–H and O–H groups in total. The number of sulfonamides is 1. The lowest BCUT2D eigenvalue weighted by Crippen LogP contribution is -2.46. The van der Waals surface area contributed by atoms with Crippen LogP contribution in [0.2, 0.25) is 0 Å². The number of hydrogen-bond donors (Lipinski definition) is 0. The summed E-state index contributed by atoms with van der Waals surface area (Å²) in [6.07, 6.45) is 2.57. The molecule has 0 saturated carbocycles. The minimum Gasteiger partial charge on any atom is -0.283 e. The van der Waals surface area contributed by atoms with Gasteiger partial charge >= 0.3 is 0 Å².